The molecule has 0 atom stereocenters. The summed E-state index contributed by atoms with van der Waals surface area (Å²) in [6, 6.07) is 7.53. The van der Waals surface area contributed by atoms with Crippen molar-refractivity contribution in [3.8, 4) is 5.75 Å². The number of unbranched alkanes of at least 4 members (excludes halogenated alkanes) is 6. The molecule has 4 heteroatoms. The molecular weight excluding hydrogens is 314 g/mol. The van der Waals surface area contributed by atoms with Crippen molar-refractivity contribution in [1.29, 1.82) is 0 Å². The van der Waals surface area contributed by atoms with Crippen LogP contribution in [0.5, 0.6) is 5.75 Å². The molecule has 0 spiro atoms. The van der Waals surface area contributed by atoms with Crippen molar-refractivity contribution in [2.24, 2.45) is 0 Å². The van der Waals surface area contributed by atoms with Crippen LogP contribution in [-0.2, 0) is 9.47 Å². The first-order chi connectivity index (χ1) is 12.2. The minimum absolute atomic E-state index is 0.484. The van der Waals surface area contributed by atoms with Crippen LogP contribution >= 0.6 is 0 Å². The number of hydrogen-bond acceptors (Lipinski definition) is 4. The maximum Gasteiger partial charge on any atom is 0.167 e. The fourth-order valence-corrected chi connectivity index (χ4v) is 3.10. The Morgan fingerprint density at radius 1 is 0.880 bits per heavy atom. The van der Waals surface area contributed by atoms with Crippen molar-refractivity contribution < 1.29 is 14.2 Å². The molecule has 0 aliphatic heterocycles. The van der Waals surface area contributed by atoms with Gasteiger partial charge in [0.2, 0.25) is 0 Å². The zero-order valence-electron chi connectivity index (χ0n) is 16.4. The molecule has 0 aliphatic carbocycles. The lowest BCUT2D eigenvalue weighted by Crippen LogP contribution is -2.34. The maximum atomic E-state index is 5.76. The Kier molecular flexibility index (Phi) is 11.3. The van der Waals surface area contributed by atoms with Gasteiger partial charge in [0, 0.05) is 38.8 Å². The van der Waals surface area contributed by atoms with Crippen molar-refractivity contribution in [3.05, 3.63) is 24.3 Å². The Hall–Kier alpha value is -1.26. The van der Waals surface area contributed by atoms with Gasteiger partial charge >= 0.3 is 0 Å². The summed E-state index contributed by atoms with van der Waals surface area (Å²) in [5, 5.41) is 0. The summed E-state index contributed by atoms with van der Waals surface area (Å²) >= 11 is 0. The summed E-state index contributed by atoms with van der Waals surface area (Å²) in [5.41, 5.74) is 6.48. The fraction of sp³-hybridized carbons (Fsp3) is 0.714. The van der Waals surface area contributed by atoms with Crippen LogP contribution in [0.4, 0.5) is 5.69 Å². The molecule has 0 amide bonds. The van der Waals surface area contributed by atoms with E-state index in [1.165, 1.54) is 38.5 Å². The number of benzene rings is 1. The molecule has 0 fully saturated rings. The average Bonchev–Trinajstić information content (AvgIpc) is 2.63. The van der Waals surface area contributed by atoms with Gasteiger partial charge in [-0.25, -0.2) is 0 Å². The highest BCUT2D eigenvalue weighted by atomic mass is 16.7. The third-order valence-electron chi connectivity index (χ3n) is 4.73. The van der Waals surface area contributed by atoms with Gasteiger partial charge in [0.25, 0.3) is 0 Å². The second kappa shape index (κ2) is 13.0. The largest absolute Gasteiger partial charge is 0.494 e. The minimum atomic E-state index is -0.484. The second-order valence-electron chi connectivity index (χ2n) is 6.71. The normalized spacial score (nSPS) is 11.6. The molecule has 0 aliphatic rings. The van der Waals surface area contributed by atoms with Crippen molar-refractivity contribution in [2.45, 2.75) is 76.9 Å². The molecule has 0 unspecified atom stereocenters. The summed E-state index contributed by atoms with van der Waals surface area (Å²) in [5.74, 6) is 0.329. The lowest BCUT2D eigenvalue weighted by molar-refractivity contribution is -0.216. The highest BCUT2D eigenvalue weighted by molar-refractivity contribution is 5.43. The summed E-state index contributed by atoms with van der Waals surface area (Å²) in [4.78, 5) is 0. The van der Waals surface area contributed by atoms with Gasteiger partial charge in [0.05, 0.1) is 6.61 Å². The quantitative estimate of drug-likeness (QED) is 0.255. The fourth-order valence-electron chi connectivity index (χ4n) is 3.10. The van der Waals surface area contributed by atoms with Gasteiger partial charge in [0.15, 0.2) is 5.79 Å². The highest BCUT2D eigenvalue weighted by Crippen LogP contribution is 2.26. The molecule has 4 nitrogen and oxygen atoms in total. The molecule has 0 aromatic heterocycles. The molecule has 0 saturated carbocycles. The van der Waals surface area contributed by atoms with Gasteiger partial charge in [-0.2, -0.15) is 0 Å². The van der Waals surface area contributed by atoms with E-state index in [1.54, 1.807) is 14.2 Å². The van der Waals surface area contributed by atoms with Gasteiger partial charge in [-0.1, -0.05) is 51.5 Å². The van der Waals surface area contributed by atoms with Crippen LogP contribution in [0.15, 0.2) is 24.3 Å². The molecule has 1 aromatic rings. The van der Waals surface area contributed by atoms with E-state index in [0.717, 1.165) is 37.1 Å². The van der Waals surface area contributed by atoms with Crippen LogP contribution < -0.4 is 10.5 Å². The van der Waals surface area contributed by atoms with Gasteiger partial charge in [0.1, 0.15) is 5.75 Å². The molecule has 1 rings (SSSR count). The van der Waals surface area contributed by atoms with Crippen LogP contribution in [0.2, 0.25) is 0 Å². The van der Waals surface area contributed by atoms with Crippen LogP contribution in [0, 0.1) is 0 Å². The van der Waals surface area contributed by atoms with E-state index in [4.69, 9.17) is 19.9 Å². The Balaban J connectivity index is 2.24. The van der Waals surface area contributed by atoms with Crippen molar-refractivity contribution in [3.63, 3.8) is 0 Å². The lowest BCUT2D eigenvalue weighted by atomic mass is 10.0. The summed E-state index contributed by atoms with van der Waals surface area (Å²) in [6.45, 7) is 2.89. The first-order valence-corrected chi connectivity index (χ1v) is 9.74. The number of hydrogen-bond donors (Lipinski definition) is 1. The van der Waals surface area contributed by atoms with E-state index in [9.17, 15) is 0 Å². The first kappa shape index (κ1) is 21.8. The molecular formula is C21H37NO3. The van der Waals surface area contributed by atoms with Crippen LogP contribution in [-0.4, -0.2) is 26.6 Å². The van der Waals surface area contributed by atoms with Crippen molar-refractivity contribution >= 4 is 5.69 Å². The third-order valence-corrected chi connectivity index (χ3v) is 4.73. The number of nitrogen functional groups attached to an aromatic ring is 1. The summed E-state index contributed by atoms with van der Waals surface area (Å²) < 4.78 is 17.2. The Bertz CT molecular complexity index is 447. The standard InChI is InChI=1S/C21H37NO3/c1-4-5-6-7-8-9-10-15-21(23-2,24-3)16-12-17-25-20-14-11-13-19(22)18-20/h11,13-14,18H,4-10,12,15-17,22H2,1-3H3. The summed E-state index contributed by atoms with van der Waals surface area (Å²) in [7, 11) is 3.48. The number of ether oxygens (including phenoxy) is 3. The molecule has 0 heterocycles. The Morgan fingerprint density at radius 2 is 1.52 bits per heavy atom. The zero-order valence-corrected chi connectivity index (χ0v) is 16.4. The van der Waals surface area contributed by atoms with Crippen molar-refractivity contribution in [1.82, 2.24) is 0 Å². The monoisotopic (exact) mass is 351 g/mol. The number of anilines is 1. The van der Waals surface area contributed by atoms with Gasteiger partial charge in [-0.15, -0.1) is 0 Å². The topological polar surface area (TPSA) is 53.7 Å². The SMILES string of the molecule is CCCCCCCCCC(CCCOc1cccc(N)c1)(OC)OC. The van der Waals surface area contributed by atoms with Crippen LogP contribution in [0.1, 0.15) is 71.1 Å². The van der Waals surface area contributed by atoms with Gasteiger partial charge in [-0.05, 0) is 25.0 Å². The average molecular weight is 352 g/mol. The third kappa shape index (κ3) is 9.13. The maximum absolute atomic E-state index is 5.76. The van der Waals surface area contributed by atoms with Crippen LogP contribution in [0.3, 0.4) is 0 Å². The van der Waals surface area contributed by atoms with E-state index in [-0.39, 0.29) is 0 Å². The zero-order chi connectivity index (χ0) is 18.4. The smallest absolute Gasteiger partial charge is 0.167 e. The van der Waals surface area contributed by atoms with E-state index in [1.807, 2.05) is 24.3 Å². The minimum Gasteiger partial charge on any atom is -0.494 e. The molecule has 144 valence electrons. The number of nitrogens with two attached hydrogens (primary N) is 1. The molecule has 0 bridgehead atoms. The lowest BCUT2D eigenvalue weighted by Gasteiger charge is -2.31. The van der Waals surface area contributed by atoms with Crippen molar-refractivity contribution in [2.75, 3.05) is 26.6 Å². The number of methoxy groups -OCH3 is 2. The molecule has 2 N–H and O–H groups in total. The second-order valence-corrected chi connectivity index (χ2v) is 6.71. The Morgan fingerprint density at radius 3 is 2.16 bits per heavy atom. The molecule has 25 heavy (non-hydrogen) atoms. The molecule has 0 saturated heterocycles. The van der Waals surface area contributed by atoms with E-state index >= 15 is 0 Å². The molecule has 0 radical (unpaired) electrons. The van der Waals surface area contributed by atoms with Gasteiger partial charge < -0.3 is 19.9 Å². The molecule has 1 aromatic carbocycles. The first-order valence-electron chi connectivity index (χ1n) is 9.74. The predicted octanol–water partition coefficient (Wildman–Crippen LogP) is 5.56. The van der Waals surface area contributed by atoms with E-state index < -0.39 is 5.79 Å². The highest BCUT2D eigenvalue weighted by Gasteiger charge is 2.28. The van der Waals surface area contributed by atoms with Crippen LogP contribution in [0.25, 0.3) is 0 Å². The Labute approximate surface area is 154 Å². The summed E-state index contributed by atoms with van der Waals surface area (Å²) in [6.07, 6.45) is 11.7. The number of rotatable bonds is 15. The van der Waals surface area contributed by atoms with E-state index in [0.29, 0.717) is 6.61 Å². The van der Waals surface area contributed by atoms with E-state index in [2.05, 4.69) is 6.92 Å². The van der Waals surface area contributed by atoms with Gasteiger partial charge in [-0.3, -0.25) is 0 Å². The predicted molar refractivity (Wildman–Crippen MR) is 105 cm³/mol.